The number of nitrogens with one attached hydrogen (secondary N) is 2. The highest BCUT2D eigenvalue weighted by atomic mass is 16.5. The van der Waals surface area contributed by atoms with Gasteiger partial charge >= 0.3 is 11.7 Å². The molecule has 1 aliphatic heterocycles. The highest BCUT2D eigenvalue weighted by Crippen LogP contribution is 2.44. The van der Waals surface area contributed by atoms with Crippen molar-refractivity contribution in [3.63, 3.8) is 0 Å². The van der Waals surface area contributed by atoms with E-state index in [2.05, 4.69) is 36.5 Å². The van der Waals surface area contributed by atoms with Gasteiger partial charge in [-0.15, -0.1) is 0 Å². The maximum Gasteiger partial charge on any atom is 0.438 e. The smallest absolute Gasteiger partial charge is 0.438 e. The van der Waals surface area contributed by atoms with Gasteiger partial charge in [-0.3, -0.25) is 9.51 Å². The van der Waals surface area contributed by atoms with Crippen LogP contribution >= 0.6 is 0 Å². The first-order valence-corrected chi connectivity index (χ1v) is 9.24. The van der Waals surface area contributed by atoms with Gasteiger partial charge in [0.2, 0.25) is 0 Å². The second kappa shape index (κ2) is 7.55. The van der Waals surface area contributed by atoms with Gasteiger partial charge in [0.15, 0.2) is 5.82 Å². The van der Waals surface area contributed by atoms with Gasteiger partial charge < -0.3 is 14.8 Å². The lowest BCUT2D eigenvalue weighted by Gasteiger charge is -2.20. The zero-order chi connectivity index (χ0) is 19.7. The molecule has 3 aromatic heterocycles. The monoisotopic (exact) mass is 387 g/mol. The highest BCUT2D eigenvalue weighted by Gasteiger charge is 2.37. The number of H-pyrrole nitrogens is 2. The van der Waals surface area contributed by atoms with Crippen LogP contribution < -0.4 is 5.76 Å². The van der Waals surface area contributed by atoms with Crippen LogP contribution in [0.25, 0.3) is 11.0 Å². The SMILES string of the molecule is CC1CC1c1noc(=O)[nH]1.O=C(O)c1cc2nc(C3CCOCC3)ncc2[nH]1. The molecule has 5 rings (SSSR count). The number of ether oxygens (including phenoxy) is 1. The van der Waals surface area contributed by atoms with E-state index >= 15 is 0 Å². The van der Waals surface area contributed by atoms with Crippen molar-refractivity contribution >= 4 is 17.0 Å². The molecule has 1 aliphatic carbocycles. The number of carbonyl (C=O) groups is 1. The number of fused-ring (bicyclic) bond motifs is 1. The molecule has 3 aromatic rings. The first-order valence-electron chi connectivity index (χ1n) is 9.24. The number of carboxylic acids is 1. The fraction of sp³-hybridized carbons (Fsp3) is 0.500. The largest absolute Gasteiger partial charge is 0.477 e. The molecule has 3 N–H and O–H groups in total. The summed E-state index contributed by atoms with van der Waals surface area (Å²) in [7, 11) is 0. The third-order valence-electron chi connectivity index (χ3n) is 5.12. The molecule has 148 valence electrons. The second-order valence-corrected chi connectivity index (χ2v) is 7.20. The van der Waals surface area contributed by atoms with E-state index in [0.29, 0.717) is 34.6 Å². The summed E-state index contributed by atoms with van der Waals surface area (Å²) in [6.45, 7) is 3.59. The Morgan fingerprint density at radius 2 is 2.04 bits per heavy atom. The number of hydrogen-bond donors (Lipinski definition) is 3. The Kier molecular flexibility index (Phi) is 4.95. The van der Waals surface area contributed by atoms with Crippen LogP contribution in [0.4, 0.5) is 0 Å². The third kappa shape index (κ3) is 3.96. The summed E-state index contributed by atoms with van der Waals surface area (Å²) in [5.41, 5.74) is 1.45. The number of hydrogen-bond acceptors (Lipinski definition) is 7. The molecule has 0 amide bonds. The Morgan fingerprint density at radius 1 is 1.29 bits per heavy atom. The lowest BCUT2D eigenvalue weighted by molar-refractivity contribution is 0.0691. The quantitative estimate of drug-likeness (QED) is 0.618. The van der Waals surface area contributed by atoms with Crippen molar-refractivity contribution < 1.29 is 19.2 Å². The summed E-state index contributed by atoms with van der Waals surface area (Å²) >= 11 is 0. The molecule has 10 heteroatoms. The lowest BCUT2D eigenvalue weighted by atomic mass is 9.99. The predicted molar refractivity (Wildman–Crippen MR) is 97.3 cm³/mol. The minimum absolute atomic E-state index is 0.142. The molecule has 1 saturated carbocycles. The topological polar surface area (TPSA) is 147 Å². The van der Waals surface area contributed by atoms with E-state index in [1.807, 2.05) is 0 Å². The molecule has 2 unspecified atom stereocenters. The highest BCUT2D eigenvalue weighted by molar-refractivity contribution is 5.92. The number of aromatic nitrogens is 5. The van der Waals surface area contributed by atoms with Gasteiger partial charge in [-0.25, -0.2) is 19.6 Å². The van der Waals surface area contributed by atoms with Crippen LogP contribution in [-0.2, 0) is 4.74 Å². The standard InChI is InChI=1S/C12H13N3O3.C6H8N2O2/c16-12(17)9-5-8-10(14-9)6-13-11(15-8)7-1-3-18-4-2-7;1-3-2-4(3)5-7-6(9)10-8-5/h5-7,14H,1-4H2,(H,16,17);3-4H,2H2,1H3,(H,7,8,9). The normalized spacial score (nSPS) is 21.9. The predicted octanol–water partition coefficient (Wildman–Crippen LogP) is 2.04. The van der Waals surface area contributed by atoms with Gasteiger partial charge in [-0.05, 0) is 31.2 Å². The molecule has 0 radical (unpaired) electrons. The molecule has 28 heavy (non-hydrogen) atoms. The minimum atomic E-state index is -0.986. The van der Waals surface area contributed by atoms with Crippen LogP contribution in [0.5, 0.6) is 0 Å². The molecule has 2 aliphatic rings. The van der Waals surface area contributed by atoms with Crippen molar-refractivity contribution in [2.45, 2.75) is 38.0 Å². The van der Waals surface area contributed by atoms with Crippen LogP contribution in [0.3, 0.4) is 0 Å². The van der Waals surface area contributed by atoms with Gasteiger partial charge in [-0.1, -0.05) is 12.1 Å². The Balaban J connectivity index is 0.000000162. The van der Waals surface area contributed by atoms with Crippen LogP contribution in [0.2, 0.25) is 0 Å². The Labute approximate surface area is 159 Å². The fourth-order valence-corrected chi connectivity index (χ4v) is 3.31. The van der Waals surface area contributed by atoms with E-state index in [1.54, 1.807) is 12.3 Å². The van der Waals surface area contributed by atoms with Gasteiger partial charge in [0, 0.05) is 25.0 Å². The molecule has 2 fully saturated rings. The molecule has 0 bridgehead atoms. The lowest BCUT2D eigenvalue weighted by Crippen LogP contribution is -2.16. The molecule has 2 atom stereocenters. The van der Waals surface area contributed by atoms with Gasteiger partial charge in [-0.2, -0.15) is 0 Å². The van der Waals surface area contributed by atoms with Crippen molar-refractivity contribution in [3.05, 3.63) is 40.2 Å². The van der Waals surface area contributed by atoms with Crippen LogP contribution in [-0.4, -0.2) is 49.4 Å². The molecular weight excluding hydrogens is 366 g/mol. The molecule has 4 heterocycles. The number of nitrogens with zero attached hydrogens (tertiary/aromatic N) is 3. The summed E-state index contributed by atoms with van der Waals surface area (Å²) in [5, 5.41) is 12.5. The Bertz CT molecular complexity index is 1030. The van der Waals surface area contributed by atoms with Gasteiger partial charge in [0.05, 0.1) is 17.2 Å². The third-order valence-corrected chi connectivity index (χ3v) is 5.12. The molecular formula is C18H21N5O5. The van der Waals surface area contributed by atoms with E-state index in [1.165, 1.54) is 0 Å². The summed E-state index contributed by atoms with van der Waals surface area (Å²) in [5.74, 6) is 1.45. The molecule has 10 nitrogen and oxygen atoms in total. The van der Waals surface area contributed by atoms with E-state index in [9.17, 15) is 9.59 Å². The van der Waals surface area contributed by atoms with E-state index in [-0.39, 0.29) is 5.69 Å². The van der Waals surface area contributed by atoms with Crippen molar-refractivity contribution in [2.75, 3.05) is 13.2 Å². The van der Waals surface area contributed by atoms with Crippen LogP contribution in [0, 0.1) is 5.92 Å². The summed E-state index contributed by atoms with van der Waals surface area (Å²) in [6, 6.07) is 1.54. The van der Waals surface area contributed by atoms with Gasteiger partial charge in [0.25, 0.3) is 0 Å². The number of rotatable bonds is 3. The summed E-state index contributed by atoms with van der Waals surface area (Å²) in [6.07, 6.45) is 4.60. The minimum Gasteiger partial charge on any atom is -0.477 e. The van der Waals surface area contributed by atoms with Crippen molar-refractivity contribution in [2.24, 2.45) is 5.92 Å². The first-order chi connectivity index (χ1) is 13.5. The van der Waals surface area contributed by atoms with E-state index < -0.39 is 11.7 Å². The maximum atomic E-state index is 10.9. The number of aromatic carboxylic acids is 1. The maximum absolute atomic E-state index is 10.9. The molecule has 0 aromatic carbocycles. The van der Waals surface area contributed by atoms with Crippen molar-refractivity contribution in [1.82, 2.24) is 25.1 Å². The fourth-order valence-electron chi connectivity index (χ4n) is 3.31. The average Bonchev–Trinajstić information content (AvgIpc) is 3.08. The Hall–Kier alpha value is -3.01. The van der Waals surface area contributed by atoms with Crippen molar-refractivity contribution in [1.29, 1.82) is 0 Å². The van der Waals surface area contributed by atoms with Crippen molar-refractivity contribution in [3.8, 4) is 0 Å². The number of carboxylic acid groups (broad SMARTS) is 1. The van der Waals surface area contributed by atoms with E-state index in [4.69, 9.17) is 9.84 Å². The summed E-state index contributed by atoms with van der Waals surface area (Å²) < 4.78 is 9.66. The zero-order valence-corrected chi connectivity index (χ0v) is 15.3. The van der Waals surface area contributed by atoms with Gasteiger partial charge in [0.1, 0.15) is 11.5 Å². The first kappa shape index (κ1) is 18.4. The van der Waals surface area contributed by atoms with Crippen LogP contribution in [0.15, 0.2) is 21.6 Å². The van der Waals surface area contributed by atoms with Crippen LogP contribution in [0.1, 0.15) is 60.2 Å². The second-order valence-electron chi connectivity index (χ2n) is 7.20. The zero-order valence-electron chi connectivity index (χ0n) is 15.3. The number of aromatic amines is 2. The summed E-state index contributed by atoms with van der Waals surface area (Å²) in [4.78, 5) is 35.4. The van der Waals surface area contributed by atoms with E-state index in [0.717, 1.165) is 38.3 Å². The Morgan fingerprint density at radius 3 is 2.64 bits per heavy atom. The average molecular weight is 387 g/mol. The molecule has 0 spiro atoms. The molecule has 1 saturated heterocycles.